The maximum atomic E-state index is 12.5. The Morgan fingerprint density at radius 2 is 1.70 bits per heavy atom. The molecule has 0 bridgehead atoms. The molecule has 2 unspecified atom stereocenters. The Balaban J connectivity index is 1.64. The van der Waals surface area contributed by atoms with Crippen molar-refractivity contribution in [3.05, 3.63) is 52.0 Å². The maximum Gasteiger partial charge on any atom is 0.261 e. The second-order valence-corrected chi connectivity index (χ2v) is 7.14. The third-order valence-corrected chi connectivity index (χ3v) is 5.11. The van der Waals surface area contributed by atoms with E-state index in [1.165, 1.54) is 0 Å². The van der Waals surface area contributed by atoms with Crippen molar-refractivity contribution in [2.24, 2.45) is 0 Å². The summed E-state index contributed by atoms with van der Waals surface area (Å²) in [6, 6.07) is 9.18. The highest BCUT2D eigenvalue weighted by atomic mass is 35.5. The van der Waals surface area contributed by atoms with E-state index in [1.807, 2.05) is 51.1 Å². The van der Waals surface area contributed by atoms with Gasteiger partial charge < -0.3 is 19.5 Å². The van der Waals surface area contributed by atoms with Gasteiger partial charge in [0.1, 0.15) is 19.0 Å². The summed E-state index contributed by atoms with van der Waals surface area (Å²) in [6.07, 6.45) is -0.635. The highest BCUT2D eigenvalue weighted by molar-refractivity contribution is 6.32. The molecule has 0 saturated heterocycles. The van der Waals surface area contributed by atoms with Crippen LogP contribution in [0.1, 0.15) is 36.6 Å². The lowest BCUT2D eigenvalue weighted by Gasteiger charge is -2.22. The molecule has 27 heavy (non-hydrogen) atoms. The van der Waals surface area contributed by atoms with Crippen LogP contribution in [0.2, 0.25) is 5.02 Å². The Bertz CT molecular complexity index is 829. The normalized spacial score (nSPS) is 15.0. The Morgan fingerprint density at radius 1 is 1.07 bits per heavy atom. The summed E-state index contributed by atoms with van der Waals surface area (Å²) in [7, 11) is 0. The van der Waals surface area contributed by atoms with Gasteiger partial charge in [-0.2, -0.15) is 0 Å². The molecule has 2 aromatic carbocycles. The fourth-order valence-corrected chi connectivity index (χ4v) is 3.08. The number of carbonyl (C=O) groups is 1. The molecule has 0 radical (unpaired) electrons. The summed E-state index contributed by atoms with van der Waals surface area (Å²) in [5, 5.41) is 3.69. The smallest absolute Gasteiger partial charge is 0.261 e. The van der Waals surface area contributed by atoms with E-state index in [1.54, 1.807) is 6.92 Å². The maximum absolute atomic E-state index is 12.5. The minimum absolute atomic E-state index is 0.187. The van der Waals surface area contributed by atoms with Crippen molar-refractivity contribution < 1.29 is 19.0 Å². The van der Waals surface area contributed by atoms with Gasteiger partial charge in [-0.25, -0.2) is 0 Å². The Labute approximate surface area is 164 Å². The number of aryl methyl sites for hydroxylation is 2. The van der Waals surface area contributed by atoms with E-state index in [4.69, 9.17) is 25.8 Å². The third-order valence-electron chi connectivity index (χ3n) is 4.52. The number of nitrogens with one attached hydrogen (secondary N) is 1. The van der Waals surface area contributed by atoms with E-state index in [9.17, 15) is 4.79 Å². The minimum atomic E-state index is -0.635. The summed E-state index contributed by atoms with van der Waals surface area (Å²) in [4.78, 5) is 12.5. The summed E-state index contributed by atoms with van der Waals surface area (Å²) in [6.45, 7) is 8.56. The molecular weight excluding hydrogens is 366 g/mol. The highest BCUT2D eigenvalue weighted by Crippen LogP contribution is 2.32. The van der Waals surface area contributed by atoms with Gasteiger partial charge in [0.15, 0.2) is 17.6 Å². The number of hydrogen-bond donors (Lipinski definition) is 1. The fraction of sp³-hybridized carbons (Fsp3) is 0.381. The predicted octanol–water partition coefficient (Wildman–Crippen LogP) is 4.37. The second-order valence-electron chi connectivity index (χ2n) is 6.76. The molecule has 5 nitrogen and oxygen atoms in total. The van der Waals surface area contributed by atoms with Gasteiger partial charge in [0.2, 0.25) is 0 Å². The van der Waals surface area contributed by atoms with Crippen molar-refractivity contribution in [2.75, 3.05) is 13.2 Å². The molecule has 1 amide bonds. The predicted molar refractivity (Wildman–Crippen MR) is 105 cm³/mol. The molecular formula is C21H24ClNO4. The molecule has 0 spiro atoms. The van der Waals surface area contributed by atoms with Crippen LogP contribution in [0.4, 0.5) is 0 Å². The number of hydrogen-bond acceptors (Lipinski definition) is 4. The molecule has 0 aliphatic carbocycles. The number of fused-ring (bicyclic) bond motifs is 1. The van der Waals surface area contributed by atoms with Crippen LogP contribution in [-0.4, -0.2) is 25.2 Å². The van der Waals surface area contributed by atoms with Gasteiger partial charge >= 0.3 is 0 Å². The monoisotopic (exact) mass is 389 g/mol. The number of rotatable bonds is 5. The van der Waals surface area contributed by atoms with E-state index in [0.29, 0.717) is 29.7 Å². The standard InChI is InChI=1S/C21H24ClNO4/c1-12-9-17(10-13(2)20(12)22)27-15(4)21(24)23-14(3)16-5-6-18-19(11-16)26-8-7-25-18/h5-6,9-11,14-15H,7-8H2,1-4H3,(H,23,24). The SMILES string of the molecule is Cc1cc(OC(C)C(=O)NC(C)c2ccc3c(c2)OCCO3)cc(C)c1Cl. The molecule has 1 aliphatic rings. The van der Waals surface area contributed by atoms with Crippen LogP contribution in [0.3, 0.4) is 0 Å². The summed E-state index contributed by atoms with van der Waals surface area (Å²) in [5.41, 5.74) is 2.78. The zero-order valence-electron chi connectivity index (χ0n) is 16.0. The van der Waals surface area contributed by atoms with E-state index < -0.39 is 6.10 Å². The lowest BCUT2D eigenvalue weighted by atomic mass is 10.1. The average Bonchev–Trinajstić information content (AvgIpc) is 2.65. The van der Waals surface area contributed by atoms with Crippen LogP contribution in [0.25, 0.3) is 0 Å². The number of amides is 1. The molecule has 2 aromatic rings. The number of carbonyl (C=O) groups excluding carboxylic acids is 1. The quantitative estimate of drug-likeness (QED) is 0.824. The van der Waals surface area contributed by atoms with Crippen LogP contribution in [0, 0.1) is 13.8 Å². The first-order valence-electron chi connectivity index (χ1n) is 8.98. The van der Waals surface area contributed by atoms with Crippen molar-refractivity contribution in [1.82, 2.24) is 5.32 Å². The van der Waals surface area contributed by atoms with Crippen LogP contribution < -0.4 is 19.5 Å². The van der Waals surface area contributed by atoms with Crippen molar-refractivity contribution in [1.29, 1.82) is 0 Å². The topological polar surface area (TPSA) is 56.8 Å². The summed E-state index contributed by atoms with van der Waals surface area (Å²) >= 11 is 6.18. The van der Waals surface area contributed by atoms with Gasteiger partial charge in [0, 0.05) is 5.02 Å². The molecule has 0 fully saturated rings. The van der Waals surface area contributed by atoms with Crippen LogP contribution in [0.15, 0.2) is 30.3 Å². The Hall–Kier alpha value is -2.40. The molecule has 0 saturated carbocycles. The molecule has 0 aromatic heterocycles. The summed E-state index contributed by atoms with van der Waals surface area (Å²) in [5.74, 6) is 1.87. The van der Waals surface area contributed by atoms with Gasteiger partial charge in [-0.3, -0.25) is 4.79 Å². The number of halogens is 1. The van der Waals surface area contributed by atoms with E-state index in [-0.39, 0.29) is 11.9 Å². The van der Waals surface area contributed by atoms with Gasteiger partial charge in [-0.05, 0) is 68.7 Å². The number of ether oxygens (including phenoxy) is 3. The van der Waals surface area contributed by atoms with Gasteiger partial charge in [0.25, 0.3) is 5.91 Å². The molecule has 2 atom stereocenters. The third kappa shape index (κ3) is 4.48. The van der Waals surface area contributed by atoms with Crippen molar-refractivity contribution >= 4 is 17.5 Å². The molecule has 6 heteroatoms. The Morgan fingerprint density at radius 3 is 2.37 bits per heavy atom. The second kappa shape index (κ2) is 8.09. The van der Waals surface area contributed by atoms with Crippen LogP contribution >= 0.6 is 11.6 Å². The van der Waals surface area contributed by atoms with Crippen molar-refractivity contribution in [3.8, 4) is 17.2 Å². The summed E-state index contributed by atoms with van der Waals surface area (Å²) < 4.78 is 16.9. The van der Waals surface area contributed by atoms with Crippen molar-refractivity contribution in [3.63, 3.8) is 0 Å². The van der Waals surface area contributed by atoms with E-state index in [2.05, 4.69) is 5.32 Å². The lowest BCUT2D eigenvalue weighted by Crippen LogP contribution is -2.37. The Kier molecular flexibility index (Phi) is 5.80. The first-order chi connectivity index (χ1) is 12.8. The zero-order chi connectivity index (χ0) is 19.6. The molecule has 1 heterocycles. The first-order valence-corrected chi connectivity index (χ1v) is 9.36. The lowest BCUT2D eigenvalue weighted by molar-refractivity contribution is -0.127. The molecule has 1 aliphatic heterocycles. The minimum Gasteiger partial charge on any atom is -0.486 e. The van der Waals surface area contributed by atoms with E-state index >= 15 is 0 Å². The first kappa shape index (κ1) is 19.4. The van der Waals surface area contributed by atoms with Gasteiger partial charge in [-0.15, -0.1) is 0 Å². The zero-order valence-corrected chi connectivity index (χ0v) is 16.7. The average molecular weight is 390 g/mol. The van der Waals surface area contributed by atoms with Crippen molar-refractivity contribution in [2.45, 2.75) is 39.8 Å². The van der Waals surface area contributed by atoms with Gasteiger partial charge in [0.05, 0.1) is 6.04 Å². The molecule has 1 N–H and O–H groups in total. The largest absolute Gasteiger partial charge is 0.486 e. The molecule has 3 rings (SSSR count). The molecule has 144 valence electrons. The van der Waals surface area contributed by atoms with E-state index in [0.717, 1.165) is 22.4 Å². The highest BCUT2D eigenvalue weighted by Gasteiger charge is 2.20. The van der Waals surface area contributed by atoms with Gasteiger partial charge in [-0.1, -0.05) is 17.7 Å². The fourth-order valence-electron chi connectivity index (χ4n) is 2.98. The van der Waals surface area contributed by atoms with Crippen LogP contribution in [-0.2, 0) is 4.79 Å². The van der Waals surface area contributed by atoms with Crippen LogP contribution in [0.5, 0.6) is 17.2 Å². The number of benzene rings is 2.